The lowest BCUT2D eigenvalue weighted by molar-refractivity contribution is -0.131. The molecular weight excluding hydrogens is 669 g/mol. The summed E-state index contributed by atoms with van der Waals surface area (Å²) in [6.45, 7) is 0.104. The summed E-state index contributed by atoms with van der Waals surface area (Å²) in [5.74, 6) is -1.73. The van der Waals surface area contributed by atoms with E-state index in [2.05, 4.69) is 0 Å². The topological polar surface area (TPSA) is 74.8 Å². The zero-order valence-electron chi connectivity index (χ0n) is 28.9. The van der Waals surface area contributed by atoms with E-state index in [1.807, 2.05) is 126 Å². The van der Waals surface area contributed by atoms with Gasteiger partial charge < -0.3 is 9.80 Å². The molecule has 0 atom stereocenters. The summed E-state index contributed by atoms with van der Waals surface area (Å²) in [7, 11) is 0. The van der Waals surface area contributed by atoms with Crippen molar-refractivity contribution in [1.82, 2.24) is 4.90 Å². The van der Waals surface area contributed by atoms with Crippen LogP contribution >= 0.6 is 0 Å². The highest BCUT2D eigenvalue weighted by Crippen LogP contribution is 2.65. The molecule has 4 aliphatic rings. The molecule has 256 valence electrons. The second kappa shape index (κ2) is 11.9. The molecule has 0 fully saturated rings. The van der Waals surface area contributed by atoms with Crippen molar-refractivity contribution >= 4 is 46.0 Å². The fraction of sp³-hybridized carbons (Fsp3) is 0.0417. The Kier molecular flexibility index (Phi) is 6.97. The maximum Gasteiger partial charge on any atom is 0.247 e. The van der Waals surface area contributed by atoms with Gasteiger partial charge in [-0.2, -0.15) is 0 Å². The van der Waals surface area contributed by atoms with E-state index in [0.29, 0.717) is 50.5 Å². The van der Waals surface area contributed by atoms with Gasteiger partial charge in [-0.3, -0.25) is 19.2 Å². The van der Waals surface area contributed by atoms with Crippen molar-refractivity contribution in [2.45, 2.75) is 6.54 Å². The number of carbonyl (C=O) groups excluding carboxylic acids is 4. The lowest BCUT2D eigenvalue weighted by Crippen LogP contribution is -2.48. The molecular formula is C48H30N2O4. The van der Waals surface area contributed by atoms with E-state index in [0.717, 1.165) is 11.3 Å². The summed E-state index contributed by atoms with van der Waals surface area (Å²) in [5.41, 5.74) is 4.16. The van der Waals surface area contributed by atoms with Crippen LogP contribution in [0, 0.1) is 5.41 Å². The third kappa shape index (κ3) is 4.22. The second-order valence-electron chi connectivity index (χ2n) is 13.8. The van der Waals surface area contributed by atoms with Crippen LogP contribution in [0.3, 0.4) is 0 Å². The average Bonchev–Trinajstić information content (AvgIpc) is 3.79. The van der Waals surface area contributed by atoms with Gasteiger partial charge in [-0.05, 0) is 23.3 Å². The first-order valence-corrected chi connectivity index (χ1v) is 17.9. The van der Waals surface area contributed by atoms with Gasteiger partial charge in [-0.15, -0.1) is 0 Å². The van der Waals surface area contributed by atoms with Crippen LogP contribution in [0.1, 0.15) is 53.3 Å². The number of hydrogen-bond donors (Lipinski definition) is 0. The number of hydrogen-bond acceptors (Lipinski definition) is 5. The Morgan fingerprint density at radius 3 is 1.46 bits per heavy atom. The molecule has 1 spiro atoms. The number of anilines is 1. The minimum atomic E-state index is -2.10. The number of amides is 1. The molecule has 0 aromatic heterocycles. The number of ketones is 3. The van der Waals surface area contributed by atoms with E-state index < -0.39 is 28.7 Å². The lowest BCUT2D eigenvalue weighted by Gasteiger charge is -2.42. The van der Waals surface area contributed by atoms with Crippen molar-refractivity contribution in [3.8, 4) is 0 Å². The smallest absolute Gasteiger partial charge is 0.247 e. The summed E-state index contributed by atoms with van der Waals surface area (Å²) < 4.78 is 0. The van der Waals surface area contributed by atoms with Crippen LogP contribution in [-0.4, -0.2) is 28.2 Å². The first-order valence-electron chi connectivity index (χ1n) is 17.9. The Balaban J connectivity index is 1.41. The highest BCUT2D eigenvalue weighted by atomic mass is 16.2. The Morgan fingerprint density at radius 2 is 0.926 bits per heavy atom. The van der Waals surface area contributed by atoms with Crippen molar-refractivity contribution < 1.29 is 19.2 Å². The number of carbonyl (C=O) groups is 4. The maximum atomic E-state index is 16.3. The van der Waals surface area contributed by atoms with Gasteiger partial charge in [0.15, 0.2) is 17.3 Å². The molecule has 54 heavy (non-hydrogen) atoms. The second-order valence-corrected chi connectivity index (χ2v) is 13.8. The summed E-state index contributed by atoms with van der Waals surface area (Å²) in [6, 6.07) is 52.0. The molecule has 1 amide bonds. The number of benzene rings is 6. The molecule has 2 heterocycles. The molecule has 0 radical (unpaired) electrons. The molecule has 10 rings (SSSR count). The van der Waals surface area contributed by atoms with Gasteiger partial charge in [0.05, 0.1) is 23.6 Å². The Morgan fingerprint density at radius 1 is 0.481 bits per heavy atom. The van der Waals surface area contributed by atoms with Crippen molar-refractivity contribution in [3.05, 3.63) is 226 Å². The summed E-state index contributed by atoms with van der Waals surface area (Å²) in [6.07, 6.45) is 0. The number of nitrogens with zero attached hydrogens (tertiary/aromatic N) is 2. The number of para-hydroxylation sites is 1. The summed E-state index contributed by atoms with van der Waals surface area (Å²) in [4.78, 5) is 66.2. The molecule has 0 bridgehead atoms. The van der Waals surface area contributed by atoms with E-state index in [1.165, 1.54) is 0 Å². The van der Waals surface area contributed by atoms with Gasteiger partial charge in [0, 0.05) is 50.2 Å². The molecule has 0 unspecified atom stereocenters. The fourth-order valence-electron chi connectivity index (χ4n) is 8.77. The van der Waals surface area contributed by atoms with Crippen molar-refractivity contribution in [3.63, 3.8) is 0 Å². The van der Waals surface area contributed by atoms with Gasteiger partial charge in [0.1, 0.15) is 5.41 Å². The molecule has 0 N–H and O–H groups in total. The van der Waals surface area contributed by atoms with Crippen LogP contribution in [-0.2, 0) is 11.3 Å². The number of rotatable bonds is 6. The minimum Gasteiger partial charge on any atom is -0.308 e. The highest BCUT2D eigenvalue weighted by Gasteiger charge is 2.68. The highest BCUT2D eigenvalue weighted by molar-refractivity contribution is 6.40. The number of Topliss-reactive ketones (excluding diaryl/α,β-unsaturated/α-hetero) is 3. The standard InChI is InChI=1S/C48H30N2O4/c51-44(32-21-9-3-10-22-32)38-41(31-19-7-2-8-20-31)49(29-30-17-5-1-6-18-30)47(54)48(38)39-42(34-25-13-15-27-36(34)45(39)52)50(33-23-11-4-12-24-33)43-35-26-14-16-28-37(35)46(53)40(43)48/h1-28H,29H2. The largest absolute Gasteiger partial charge is 0.308 e. The predicted octanol–water partition coefficient (Wildman–Crippen LogP) is 9.04. The monoisotopic (exact) mass is 698 g/mol. The normalized spacial score (nSPS) is 16.6. The molecule has 6 nitrogen and oxygen atoms in total. The lowest BCUT2D eigenvalue weighted by atomic mass is 9.62. The van der Waals surface area contributed by atoms with Crippen molar-refractivity contribution in [2.24, 2.45) is 5.41 Å². The predicted molar refractivity (Wildman–Crippen MR) is 208 cm³/mol. The van der Waals surface area contributed by atoms with Crippen LogP contribution in [0.25, 0.3) is 17.1 Å². The molecule has 0 saturated carbocycles. The van der Waals surface area contributed by atoms with E-state index in [1.54, 1.807) is 53.4 Å². The van der Waals surface area contributed by atoms with Gasteiger partial charge in [-0.1, -0.05) is 158 Å². The van der Waals surface area contributed by atoms with Crippen LogP contribution in [0.5, 0.6) is 0 Å². The Labute approximate surface area is 311 Å². The van der Waals surface area contributed by atoms with Crippen LogP contribution in [0.2, 0.25) is 0 Å². The van der Waals surface area contributed by atoms with E-state index >= 15 is 19.2 Å². The molecule has 6 heteroatoms. The first-order chi connectivity index (χ1) is 26.5. The third-order valence-electron chi connectivity index (χ3n) is 10.9. The van der Waals surface area contributed by atoms with E-state index in [-0.39, 0.29) is 23.3 Å². The minimum absolute atomic E-state index is 0.0934. The van der Waals surface area contributed by atoms with Crippen LogP contribution in [0.4, 0.5) is 5.69 Å². The number of fused-ring (bicyclic) bond motifs is 6. The first kappa shape index (κ1) is 31.5. The van der Waals surface area contributed by atoms with Crippen LogP contribution in [0.15, 0.2) is 187 Å². The molecule has 6 aromatic carbocycles. The zero-order valence-corrected chi connectivity index (χ0v) is 28.9. The van der Waals surface area contributed by atoms with Crippen molar-refractivity contribution in [2.75, 3.05) is 4.90 Å². The maximum absolute atomic E-state index is 16.3. The van der Waals surface area contributed by atoms with Crippen LogP contribution < -0.4 is 4.90 Å². The quantitative estimate of drug-likeness (QED) is 0.162. The third-order valence-corrected chi connectivity index (χ3v) is 10.9. The van der Waals surface area contributed by atoms with E-state index in [9.17, 15) is 0 Å². The Hall–Kier alpha value is -7.18. The van der Waals surface area contributed by atoms with Gasteiger partial charge >= 0.3 is 0 Å². The van der Waals surface area contributed by atoms with Crippen molar-refractivity contribution in [1.29, 1.82) is 0 Å². The summed E-state index contributed by atoms with van der Waals surface area (Å²) >= 11 is 0. The van der Waals surface area contributed by atoms with Gasteiger partial charge in [0.25, 0.3) is 0 Å². The van der Waals surface area contributed by atoms with Gasteiger partial charge in [-0.25, -0.2) is 0 Å². The Bertz CT molecular complexity index is 2610. The zero-order chi connectivity index (χ0) is 36.6. The molecule has 0 saturated heterocycles. The molecule has 2 aliphatic carbocycles. The van der Waals surface area contributed by atoms with Gasteiger partial charge in [0.2, 0.25) is 5.91 Å². The molecule has 2 aliphatic heterocycles. The fourth-order valence-corrected chi connectivity index (χ4v) is 8.77. The molecule has 6 aromatic rings. The summed E-state index contributed by atoms with van der Waals surface area (Å²) in [5, 5.41) is 0. The average molecular weight is 699 g/mol. The SMILES string of the molecule is O=C(C1=C(c2ccccc2)N(Cc2ccccc2)C(=O)C12C1=C(c3ccccc3C1=O)N(c1ccccc1)C1=C2C(=O)c2ccccc21)c1ccccc1. The van der Waals surface area contributed by atoms with E-state index in [4.69, 9.17) is 0 Å².